The minimum Gasteiger partial charge on any atom is -0.397 e. The molecule has 4 N–H and O–H groups in total. The van der Waals surface area contributed by atoms with Crippen LogP contribution in [-0.2, 0) is 0 Å². The molecule has 100 valence electrons. The molecule has 1 aliphatic carbocycles. The Balaban J connectivity index is 1.92. The summed E-state index contributed by atoms with van der Waals surface area (Å²) in [5, 5.41) is 12.2. The molecule has 0 saturated heterocycles. The molecule has 18 heavy (non-hydrogen) atoms. The summed E-state index contributed by atoms with van der Waals surface area (Å²) in [6.07, 6.45) is 5.01. The fourth-order valence-corrected chi connectivity index (χ4v) is 1.98. The first kappa shape index (κ1) is 13.0. The molecule has 0 aliphatic heterocycles. The minimum atomic E-state index is -0.342. The second-order valence-electron chi connectivity index (χ2n) is 4.90. The summed E-state index contributed by atoms with van der Waals surface area (Å²) in [6.45, 7) is 2.41. The normalized spacial score (nSPS) is 16.6. The lowest BCUT2D eigenvalue weighted by Crippen LogP contribution is -2.28. The SMILES string of the molecule is CCC(O)CCNC(=O)c1cc(N)cn1C1CC1. The summed E-state index contributed by atoms with van der Waals surface area (Å²) in [5.74, 6) is -0.109. The number of hydrogen-bond acceptors (Lipinski definition) is 3. The third-order valence-corrected chi connectivity index (χ3v) is 3.28. The van der Waals surface area contributed by atoms with E-state index < -0.39 is 0 Å². The first-order chi connectivity index (χ1) is 8.61. The van der Waals surface area contributed by atoms with Crippen molar-refractivity contribution in [3.05, 3.63) is 18.0 Å². The Morgan fingerprint density at radius 2 is 2.39 bits per heavy atom. The number of nitrogen functional groups attached to an aromatic ring is 1. The fourth-order valence-electron chi connectivity index (χ4n) is 1.98. The number of rotatable bonds is 6. The summed E-state index contributed by atoms with van der Waals surface area (Å²) in [4.78, 5) is 12.0. The van der Waals surface area contributed by atoms with Crippen LogP contribution in [0.15, 0.2) is 12.3 Å². The van der Waals surface area contributed by atoms with Gasteiger partial charge in [-0.2, -0.15) is 0 Å². The van der Waals surface area contributed by atoms with E-state index in [1.807, 2.05) is 17.7 Å². The number of anilines is 1. The van der Waals surface area contributed by atoms with Gasteiger partial charge in [-0.1, -0.05) is 6.92 Å². The maximum absolute atomic E-state index is 12.0. The molecular formula is C13H21N3O2. The Hall–Kier alpha value is -1.49. The summed E-state index contributed by atoms with van der Waals surface area (Å²) < 4.78 is 1.96. The number of carbonyl (C=O) groups is 1. The molecule has 1 fully saturated rings. The summed E-state index contributed by atoms with van der Waals surface area (Å²) >= 11 is 0. The van der Waals surface area contributed by atoms with Gasteiger partial charge in [0.1, 0.15) is 5.69 Å². The Bertz CT molecular complexity index is 424. The highest BCUT2D eigenvalue weighted by atomic mass is 16.3. The topological polar surface area (TPSA) is 80.3 Å². The average molecular weight is 251 g/mol. The van der Waals surface area contributed by atoms with Gasteiger partial charge in [-0.3, -0.25) is 4.79 Å². The van der Waals surface area contributed by atoms with Gasteiger partial charge in [0.05, 0.1) is 11.8 Å². The van der Waals surface area contributed by atoms with Crippen LogP contribution >= 0.6 is 0 Å². The third kappa shape index (κ3) is 3.04. The van der Waals surface area contributed by atoms with Crippen molar-refractivity contribution in [1.29, 1.82) is 0 Å². The van der Waals surface area contributed by atoms with Gasteiger partial charge < -0.3 is 20.7 Å². The number of hydrogen-bond donors (Lipinski definition) is 3. The number of aliphatic hydroxyl groups excluding tert-OH is 1. The van der Waals surface area contributed by atoms with Crippen molar-refractivity contribution in [2.24, 2.45) is 0 Å². The van der Waals surface area contributed by atoms with Gasteiger partial charge in [-0.15, -0.1) is 0 Å². The average Bonchev–Trinajstić information content (AvgIpc) is 3.12. The van der Waals surface area contributed by atoms with E-state index in [-0.39, 0.29) is 12.0 Å². The quantitative estimate of drug-likeness (QED) is 0.713. The Kier molecular flexibility index (Phi) is 3.91. The summed E-state index contributed by atoms with van der Waals surface area (Å²) in [7, 11) is 0. The standard InChI is InChI=1S/C13H21N3O2/c1-2-11(17)5-6-15-13(18)12-7-9(14)8-16(12)10-3-4-10/h7-8,10-11,17H,2-6,14H2,1H3,(H,15,18). The van der Waals surface area contributed by atoms with Crippen molar-refractivity contribution >= 4 is 11.6 Å². The third-order valence-electron chi connectivity index (χ3n) is 3.28. The van der Waals surface area contributed by atoms with Gasteiger partial charge in [-0.25, -0.2) is 0 Å². The van der Waals surface area contributed by atoms with E-state index >= 15 is 0 Å². The molecule has 1 saturated carbocycles. The number of nitrogens with zero attached hydrogens (tertiary/aromatic N) is 1. The molecule has 5 heteroatoms. The molecule has 1 atom stereocenters. The van der Waals surface area contributed by atoms with Gasteiger partial charge >= 0.3 is 0 Å². The molecule has 1 amide bonds. The molecule has 5 nitrogen and oxygen atoms in total. The predicted molar refractivity (Wildman–Crippen MR) is 70.4 cm³/mol. The van der Waals surface area contributed by atoms with Crippen molar-refractivity contribution in [1.82, 2.24) is 9.88 Å². The second kappa shape index (κ2) is 5.44. The van der Waals surface area contributed by atoms with Crippen LogP contribution in [0, 0.1) is 0 Å². The highest BCUT2D eigenvalue weighted by Gasteiger charge is 2.27. The monoisotopic (exact) mass is 251 g/mol. The van der Waals surface area contributed by atoms with Gasteiger partial charge in [-0.05, 0) is 31.7 Å². The van der Waals surface area contributed by atoms with Crippen LogP contribution in [0.25, 0.3) is 0 Å². The molecular weight excluding hydrogens is 230 g/mol. The van der Waals surface area contributed by atoms with Crippen molar-refractivity contribution < 1.29 is 9.90 Å². The van der Waals surface area contributed by atoms with Crippen molar-refractivity contribution in [3.8, 4) is 0 Å². The van der Waals surface area contributed by atoms with E-state index in [0.717, 1.165) is 12.8 Å². The largest absolute Gasteiger partial charge is 0.397 e. The zero-order chi connectivity index (χ0) is 13.1. The van der Waals surface area contributed by atoms with Crippen LogP contribution in [0.2, 0.25) is 0 Å². The van der Waals surface area contributed by atoms with Gasteiger partial charge in [0.2, 0.25) is 0 Å². The van der Waals surface area contributed by atoms with Crippen molar-refractivity contribution in [2.75, 3.05) is 12.3 Å². The zero-order valence-electron chi connectivity index (χ0n) is 10.7. The van der Waals surface area contributed by atoms with Gasteiger partial charge in [0, 0.05) is 18.8 Å². The lowest BCUT2D eigenvalue weighted by atomic mass is 10.2. The second-order valence-corrected chi connectivity index (χ2v) is 4.90. The molecule has 1 heterocycles. The van der Waals surface area contributed by atoms with E-state index in [2.05, 4.69) is 5.32 Å². The molecule has 2 rings (SSSR count). The van der Waals surface area contributed by atoms with E-state index in [0.29, 0.717) is 36.8 Å². The lowest BCUT2D eigenvalue weighted by Gasteiger charge is -2.10. The van der Waals surface area contributed by atoms with E-state index in [9.17, 15) is 9.90 Å². The first-order valence-corrected chi connectivity index (χ1v) is 6.55. The minimum absolute atomic E-state index is 0.109. The molecule has 0 bridgehead atoms. The molecule has 1 unspecified atom stereocenters. The molecule has 1 aromatic heterocycles. The maximum Gasteiger partial charge on any atom is 0.267 e. The Morgan fingerprint density at radius 1 is 1.67 bits per heavy atom. The highest BCUT2D eigenvalue weighted by molar-refractivity contribution is 5.93. The summed E-state index contributed by atoms with van der Waals surface area (Å²) in [6, 6.07) is 2.15. The number of aromatic nitrogens is 1. The van der Waals surface area contributed by atoms with Gasteiger partial charge in [0.25, 0.3) is 5.91 Å². The van der Waals surface area contributed by atoms with Crippen molar-refractivity contribution in [3.63, 3.8) is 0 Å². The first-order valence-electron chi connectivity index (χ1n) is 6.55. The number of nitrogens with two attached hydrogens (primary N) is 1. The molecule has 0 radical (unpaired) electrons. The molecule has 0 aromatic carbocycles. The predicted octanol–water partition coefficient (Wildman–Crippen LogP) is 1.30. The number of nitrogens with one attached hydrogen (secondary N) is 1. The van der Waals surface area contributed by atoms with Gasteiger partial charge in [0.15, 0.2) is 0 Å². The maximum atomic E-state index is 12.0. The van der Waals surface area contributed by atoms with Crippen LogP contribution in [0.3, 0.4) is 0 Å². The fraction of sp³-hybridized carbons (Fsp3) is 0.615. The smallest absolute Gasteiger partial charge is 0.267 e. The van der Waals surface area contributed by atoms with Crippen molar-refractivity contribution in [2.45, 2.75) is 44.8 Å². The van der Waals surface area contributed by atoms with Crippen LogP contribution in [-0.4, -0.2) is 28.2 Å². The van der Waals surface area contributed by atoms with Crippen LogP contribution in [0.1, 0.15) is 49.1 Å². The zero-order valence-corrected chi connectivity index (χ0v) is 10.7. The Morgan fingerprint density at radius 3 is 3.00 bits per heavy atom. The highest BCUT2D eigenvalue weighted by Crippen LogP contribution is 2.37. The molecule has 0 spiro atoms. The number of carbonyl (C=O) groups excluding carboxylic acids is 1. The molecule has 1 aromatic rings. The van der Waals surface area contributed by atoms with E-state index in [1.165, 1.54) is 0 Å². The number of aliphatic hydroxyl groups is 1. The lowest BCUT2D eigenvalue weighted by molar-refractivity contribution is 0.0932. The number of amides is 1. The molecule has 1 aliphatic rings. The van der Waals surface area contributed by atoms with Crippen LogP contribution in [0.4, 0.5) is 5.69 Å². The summed E-state index contributed by atoms with van der Waals surface area (Å²) in [5.41, 5.74) is 6.99. The van der Waals surface area contributed by atoms with E-state index in [4.69, 9.17) is 5.73 Å². The van der Waals surface area contributed by atoms with E-state index in [1.54, 1.807) is 6.07 Å². The van der Waals surface area contributed by atoms with Crippen LogP contribution in [0.5, 0.6) is 0 Å². The Labute approximate surface area is 107 Å². The van der Waals surface area contributed by atoms with Crippen LogP contribution < -0.4 is 11.1 Å².